The van der Waals surface area contributed by atoms with Gasteiger partial charge in [-0.05, 0) is 67.7 Å². The molecule has 0 unspecified atom stereocenters. The predicted molar refractivity (Wildman–Crippen MR) is 147 cm³/mol. The van der Waals surface area contributed by atoms with Crippen LogP contribution in [0.15, 0.2) is 18.2 Å². The molecule has 2 aliphatic heterocycles. The van der Waals surface area contributed by atoms with E-state index in [1.165, 1.54) is 12.7 Å². The molecule has 2 aromatic rings. The molecule has 1 aromatic heterocycles. The molecule has 2 N–H and O–H groups in total. The van der Waals surface area contributed by atoms with Gasteiger partial charge >= 0.3 is 5.97 Å². The highest BCUT2D eigenvalue weighted by atomic mass is 19.1. The number of nitrogens with zero attached hydrogens (tertiary/aromatic N) is 3. The molecule has 0 amide bonds. The van der Waals surface area contributed by atoms with Crippen LogP contribution in [0.2, 0.25) is 0 Å². The number of halogens is 1. The highest BCUT2D eigenvalue weighted by Gasteiger charge is 2.37. The Labute approximate surface area is 230 Å². The maximum absolute atomic E-state index is 15.2. The molecule has 2 aliphatic rings. The van der Waals surface area contributed by atoms with Gasteiger partial charge in [0.1, 0.15) is 17.9 Å². The molecular formula is C30H39FN4O4. The summed E-state index contributed by atoms with van der Waals surface area (Å²) in [5.41, 5.74) is 3.03. The Morgan fingerprint density at radius 3 is 2.85 bits per heavy atom. The van der Waals surface area contributed by atoms with Crippen molar-refractivity contribution >= 4 is 11.8 Å². The average molecular weight is 539 g/mol. The van der Waals surface area contributed by atoms with Gasteiger partial charge in [0.2, 0.25) is 0 Å². The minimum atomic E-state index is -1.09. The summed E-state index contributed by atoms with van der Waals surface area (Å²) in [4.78, 5) is 19.0. The van der Waals surface area contributed by atoms with E-state index in [4.69, 9.17) is 14.5 Å². The fourth-order valence-electron chi connectivity index (χ4n) is 5.61. The lowest BCUT2D eigenvalue weighted by Crippen LogP contribution is -2.34. The van der Waals surface area contributed by atoms with E-state index in [0.717, 1.165) is 56.6 Å². The van der Waals surface area contributed by atoms with Gasteiger partial charge in [-0.3, -0.25) is 9.69 Å². The van der Waals surface area contributed by atoms with Crippen LogP contribution >= 0.6 is 0 Å². The Morgan fingerprint density at radius 2 is 2.13 bits per heavy atom. The molecule has 0 saturated carbocycles. The molecule has 4 rings (SSSR count). The average Bonchev–Trinajstić information content (AvgIpc) is 3.38. The number of carboxylic acid groups (broad SMARTS) is 1. The van der Waals surface area contributed by atoms with E-state index in [9.17, 15) is 15.2 Å². The molecule has 9 heteroatoms. The van der Waals surface area contributed by atoms with E-state index >= 15 is 4.39 Å². The van der Waals surface area contributed by atoms with Crippen molar-refractivity contribution in [1.82, 2.24) is 9.88 Å². The van der Waals surface area contributed by atoms with Crippen molar-refractivity contribution < 1.29 is 23.8 Å². The van der Waals surface area contributed by atoms with Gasteiger partial charge in [-0.1, -0.05) is 26.3 Å². The molecule has 3 heterocycles. The van der Waals surface area contributed by atoms with Crippen LogP contribution in [-0.2, 0) is 22.4 Å². The number of likely N-dealkylation sites (tertiary alicyclic amines) is 1. The number of benzene rings is 1. The monoisotopic (exact) mass is 538 g/mol. The largest absolute Gasteiger partial charge is 0.493 e. The second kappa shape index (κ2) is 13.2. The van der Waals surface area contributed by atoms with Crippen LogP contribution in [-0.4, -0.2) is 60.4 Å². The second-order valence-corrected chi connectivity index (χ2v) is 10.7. The zero-order valence-electron chi connectivity index (χ0n) is 23.1. The quantitative estimate of drug-likeness (QED) is 0.355. The summed E-state index contributed by atoms with van der Waals surface area (Å²) in [5, 5.41) is 23.0. The summed E-state index contributed by atoms with van der Waals surface area (Å²) >= 11 is 0. The fourth-order valence-corrected chi connectivity index (χ4v) is 5.61. The summed E-state index contributed by atoms with van der Waals surface area (Å²) in [7, 11) is 1.30. The maximum atomic E-state index is 15.2. The van der Waals surface area contributed by atoms with Gasteiger partial charge in [-0.25, -0.2) is 9.37 Å². The van der Waals surface area contributed by atoms with Crippen LogP contribution in [0.3, 0.4) is 0 Å². The van der Waals surface area contributed by atoms with Gasteiger partial charge in [0.15, 0.2) is 11.6 Å². The number of methoxy groups -OCH3 is 1. The fraction of sp³-hybridized carbons (Fsp3) is 0.567. The number of fused-ring (bicyclic) bond motifs is 1. The highest BCUT2D eigenvalue weighted by Crippen LogP contribution is 2.39. The van der Waals surface area contributed by atoms with Crippen molar-refractivity contribution in [2.45, 2.75) is 76.9 Å². The number of nitriles is 1. The number of carboxylic acids is 1. The molecular weight excluding hydrogens is 499 g/mol. The first kappa shape index (κ1) is 28.8. The van der Waals surface area contributed by atoms with E-state index in [2.05, 4.69) is 17.4 Å². The van der Waals surface area contributed by atoms with E-state index < -0.39 is 17.8 Å². The molecule has 0 bridgehead atoms. The van der Waals surface area contributed by atoms with Gasteiger partial charge in [-0.2, -0.15) is 5.26 Å². The molecule has 0 radical (unpaired) electrons. The van der Waals surface area contributed by atoms with Gasteiger partial charge < -0.3 is 19.9 Å². The summed E-state index contributed by atoms with van der Waals surface area (Å²) in [5.74, 6) is -1.19. The smallest absolute Gasteiger partial charge is 0.325 e. The number of aromatic nitrogens is 1. The number of anilines is 1. The lowest BCUT2D eigenvalue weighted by atomic mass is 9.91. The number of hydrogen-bond donors (Lipinski definition) is 2. The number of carbonyl (C=O) groups is 1. The first-order chi connectivity index (χ1) is 18.8. The lowest BCUT2D eigenvalue weighted by Gasteiger charge is -2.27. The third-order valence-corrected chi connectivity index (χ3v) is 7.67. The number of pyridine rings is 1. The zero-order valence-corrected chi connectivity index (χ0v) is 23.1. The molecule has 8 nitrogen and oxygen atoms in total. The van der Waals surface area contributed by atoms with Gasteiger partial charge in [0.25, 0.3) is 0 Å². The van der Waals surface area contributed by atoms with Crippen LogP contribution in [0.4, 0.5) is 10.2 Å². The van der Waals surface area contributed by atoms with Crippen molar-refractivity contribution in [2.75, 3.05) is 38.7 Å². The summed E-state index contributed by atoms with van der Waals surface area (Å²) < 4.78 is 26.6. The van der Waals surface area contributed by atoms with Crippen LogP contribution in [0.25, 0.3) is 0 Å². The van der Waals surface area contributed by atoms with Crippen LogP contribution < -0.4 is 10.1 Å². The normalized spacial score (nSPS) is 17.9. The first-order valence-corrected chi connectivity index (χ1v) is 14.0. The van der Waals surface area contributed by atoms with Gasteiger partial charge in [-0.15, -0.1) is 0 Å². The summed E-state index contributed by atoms with van der Waals surface area (Å²) in [6, 6.07) is 6.76. The number of rotatable bonds is 12. The Morgan fingerprint density at radius 1 is 1.31 bits per heavy atom. The Hall–Kier alpha value is -3.22. The number of aliphatic carboxylic acids is 1. The SMILES string of the molecule is COc1c([C@H](C(=O)O)N2CC[C@@H](OCCCCCc3ccc4c(n3)NCCC4)C2)cc(C(C)C)c(C#N)c1F. The molecule has 1 aromatic carbocycles. The first-order valence-electron chi connectivity index (χ1n) is 14.0. The molecule has 1 fully saturated rings. The number of unbranched alkanes of at least 4 members (excludes halogenated alkanes) is 2. The Kier molecular flexibility index (Phi) is 9.76. The molecule has 2 atom stereocenters. The maximum Gasteiger partial charge on any atom is 0.325 e. The summed E-state index contributed by atoms with van der Waals surface area (Å²) in [6.45, 7) is 6.25. The standard InChI is InChI=1S/C30H39FN4O4/c1-19(2)23-16-24(28(38-3)26(31)25(23)17-32)27(30(36)37)35-14-12-22(18-35)39-15-6-4-5-9-21-11-10-20-8-7-13-33-29(20)34-21/h10-11,16,19,22,27H,4-9,12-15,18H2,1-3H3,(H,33,34)(H,36,37)/t22-,27-/m1/s1. The molecule has 210 valence electrons. The number of hydrogen-bond acceptors (Lipinski definition) is 7. The lowest BCUT2D eigenvalue weighted by molar-refractivity contribution is -0.143. The molecule has 0 aliphatic carbocycles. The van der Waals surface area contributed by atoms with Crippen molar-refractivity contribution in [2.24, 2.45) is 0 Å². The minimum absolute atomic E-state index is 0.0842. The third kappa shape index (κ3) is 6.68. The van der Waals surface area contributed by atoms with Crippen molar-refractivity contribution in [1.29, 1.82) is 5.26 Å². The molecule has 0 spiro atoms. The number of aryl methyl sites for hydroxylation is 2. The van der Waals surface area contributed by atoms with Crippen LogP contribution in [0.1, 0.15) is 85.9 Å². The topological polar surface area (TPSA) is 108 Å². The van der Waals surface area contributed by atoms with E-state index in [-0.39, 0.29) is 28.9 Å². The molecule has 1 saturated heterocycles. The summed E-state index contributed by atoms with van der Waals surface area (Å²) in [6.07, 6.45) is 6.80. The van der Waals surface area contributed by atoms with E-state index in [1.54, 1.807) is 11.0 Å². The second-order valence-electron chi connectivity index (χ2n) is 10.7. The van der Waals surface area contributed by atoms with Crippen molar-refractivity contribution in [3.8, 4) is 11.8 Å². The highest BCUT2D eigenvalue weighted by molar-refractivity contribution is 5.77. The van der Waals surface area contributed by atoms with Crippen LogP contribution in [0, 0.1) is 17.1 Å². The Balaban J connectivity index is 1.30. The van der Waals surface area contributed by atoms with E-state index in [1.807, 2.05) is 19.9 Å². The van der Waals surface area contributed by atoms with E-state index in [0.29, 0.717) is 31.7 Å². The van der Waals surface area contributed by atoms with Crippen molar-refractivity contribution in [3.05, 3.63) is 52.0 Å². The predicted octanol–water partition coefficient (Wildman–Crippen LogP) is 5.21. The molecule has 39 heavy (non-hydrogen) atoms. The van der Waals surface area contributed by atoms with Crippen molar-refractivity contribution in [3.63, 3.8) is 0 Å². The third-order valence-electron chi connectivity index (χ3n) is 7.67. The number of ether oxygens (including phenoxy) is 2. The van der Waals surface area contributed by atoms with Gasteiger partial charge in [0, 0.05) is 37.5 Å². The number of nitrogens with one attached hydrogen (secondary N) is 1. The minimum Gasteiger partial charge on any atom is -0.493 e. The Bertz CT molecular complexity index is 1210. The zero-order chi connectivity index (χ0) is 27.9. The van der Waals surface area contributed by atoms with Gasteiger partial charge in [0.05, 0.1) is 18.8 Å². The van der Waals surface area contributed by atoms with Crippen LogP contribution in [0.5, 0.6) is 5.75 Å².